The van der Waals surface area contributed by atoms with Crippen LogP contribution in [0.3, 0.4) is 0 Å². The molecule has 4 radical (unpaired) electrons. The van der Waals surface area contributed by atoms with E-state index in [4.69, 9.17) is 9.05 Å². The van der Waals surface area contributed by atoms with E-state index < -0.39 is 0 Å². The molecule has 0 N–H and O–H groups in total. The summed E-state index contributed by atoms with van der Waals surface area (Å²) in [6.45, 7) is 0. The Morgan fingerprint density at radius 2 is 1.25 bits per heavy atom. The maximum Gasteiger partial charge on any atom is 0.0209 e. The molecule has 0 fully saturated rings. The van der Waals surface area contributed by atoms with Gasteiger partial charge in [0.25, 0.3) is 0 Å². The summed E-state index contributed by atoms with van der Waals surface area (Å²) in [6, 6.07) is 0. The van der Waals surface area contributed by atoms with E-state index in [0.717, 1.165) is 0 Å². The molecule has 0 rings (SSSR count). The Kier molecular flexibility index (Phi) is 22.3. The molecule has 0 atom stereocenters. The standard InChI is InChI=1S/F2O.Ge/c1-3-2;. The first-order valence-corrected chi connectivity index (χ1v) is 0.309. The van der Waals surface area contributed by atoms with Crippen molar-refractivity contribution in [2.45, 2.75) is 0 Å². The number of hydrogen-bond donors (Lipinski definition) is 0. The van der Waals surface area contributed by atoms with Gasteiger partial charge in [0.15, 0.2) is 0 Å². The van der Waals surface area contributed by atoms with Crippen LogP contribution in [0.1, 0.15) is 0 Å². The molecule has 0 bridgehead atoms. The normalized spacial score (nSPS) is 4.50. The summed E-state index contributed by atoms with van der Waals surface area (Å²) in [4.78, 5) is 0. The van der Waals surface area contributed by atoms with Gasteiger partial charge in [0.1, 0.15) is 0 Å². The largest absolute Gasteiger partial charge is 0.0209 e. The van der Waals surface area contributed by atoms with E-state index >= 15 is 0 Å². The second-order valence-corrected chi connectivity index (χ2v) is 0.0583. The predicted octanol–water partition coefficient (Wildman–Crippen LogP) is 0.391. The number of hydrogen-bond acceptors (Lipinski definition) is 1. The molecule has 4 heteroatoms. The van der Waals surface area contributed by atoms with Crippen molar-refractivity contribution >= 4 is 17.6 Å². The van der Waals surface area contributed by atoms with Crippen molar-refractivity contribution in [3.8, 4) is 0 Å². The summed E-state index contributed by atoms with van der Waals surface area (Å²) in [5.41, 5.74) is 0. The van der Waals surface area contributed by atoms with Crippen molar-refractivity contribution < 1.29 is 14.2 Å². The van der Waals surface area contributed by atoms with Crippen molar-refractivity contribution in [1.29, 1.82) is 0 Å². The molecule has 4 heavy (non-hydrogen) atoms. The van der Waals surface area contributed by atoms with Crippen molar-refractivity contribution in [3.05, 3.63) is 0 Å². The molecule has 0 aromatic rings. The van der Waals surface area contributed by atoms with Crippen LogP contribution in [-0.4, -0.2) is 17.6 Å². The van der Waals surface area contributed by atoms with Gasteiger partial charge in [-0.15, -0.1) is 0 Å². The number of rotatable bonds is 0. The van der Waals surface area contributed by atoms with Gasteiger partial charge in [-0.1, -0.05) is 0 Å². The SMILES string of the molecule is FOF.[Ge]. The number of halogens is 2. The van der Waals surface area contributed by atoms with Crippen LogP contribution in [0.4, 0.5) is 9.05 Å². The van der Waals surface area contributed by atoms with Gasteiger partial charge in [0, 0.05) is 22.7 Å². The maximum absolute atomic E-state index is 9.12. The Bertz CT molecular complexity index is 6.00. The van der Waals surface area contributed by atoms with Crippen LogP contribution in [0.25, 0.3) is 0 Å². The molecule has 0 aliphatic rings. The second kappa shape index (κ2) is 10.1. The van der Waals surface area contributed by atoms with Crippen LogP contribution in [0.2, 0.25) is 0 Å². The van der Waals surface area contributed by atoms with Crippen molar-refractivity contribution in [3.63, 3.8) is 0 Å². The Labute approximate surface area is 32.7 Å². The molecule has 0 saturated carbocycles. The molecule has 0 aromatic heterocycles. The first kappa shape index (κ1) is 8.84. The van der Waals surface area contributed by atoms with Gasteiger partial charge in [-0.05, 0) is 9.05 Å². The molecular weight excluding hydrogens is 127 g/mol. The average molecular weight is 127 g/mol. The van der Waals surface area contributed by atoms with Gasteiger partial charge in [-0.2, -0.15) is 0 Å². The third-order valence-corrected chi connectivity index (χ3v) is 0. The Morgan fingerprint density at radius 1 is 1.25 bits per heavy atom. The Balaban J connectivity index is 0. The molecule has 0 amide bonds. The summed E-state index contributed by atoms with van der Waals surface area (Å²) >= 11 is 0. The van der Waals surface area contributed by atoms with Gasteiger partial charge < -0.3 is 0 Å². The third-order valence-electron chi connectivity index (χ3n) is 0. The molecule has 0 heterocycles. The van der Waals surface area contributed by atoms with Gasteiger partial charge in [-0.3, -0.25) is 0 Å². The second-order valence-electron chi connectivity index (χ2n) is 0.0583. The first-order chi connectivity index (χ1) is 1.41. The van der Waals surface area contributed by atoms with Crippen LogP contribution in [-0.2, 0) is 5.15 Å². The van der Waals surface area contributed by atoms with E-state index in [1.807, 2.05) is 0 Å². The predicted molar refractivity (Wildman–Crippen MR) is 9.05 cm³/mol. The van der Waals surface area contributed by atoms with Gasteiger partial charge >= 0.3 is 0 Å². The zero-order valence-electron chi connectivity index (χ0n) is 1.66. The smallest absolute Gasteiger partial charge is 0.0104 e. The molecule has 1 nitrogen and oxygen atoms in total. The molecule has 0 aliphatic heterocycles. The summed E-state index contributed by atoms with van der Waals surface area (Å²) in [7, 11) is 0. The summed E-state index contributed by atoms with van der Waals surface area (Å²) in [5, 5.41) is 1.25. The fourth-order valence-corrected chi connectivity index (χ4v) is 0. The van der Waals surface area contributed by atoms with Crippen LogP contribution in [0, 0.1) is 0 Å². The maximum atomic E-state index is 9.12. The van der Waals surface area contributed by atoms with Gasteiger partial charge in [0.05, 0.1) is 0 Å². The van der Waals surface area contributed by atoms with Crippen molar-refractivity contribution in [2.24, 2.45) is 0 Å². The van der Waals surface area contributed by atoms with Crippen molar-refractivity contribution in [2.75, 3.05) is 0 Å². The monoisotopic (exact) mass is 128 g/mol. The minimum Gasteiger partial charge on any atom is -0.0104 e. The zero-order valence-corrected chi connectivity index (χ0v) is 3.76. The summed E-state index contributed by atoms with van der Waals surface area (Å²) in [5.74, 6) is 0. The molecular formula is F2GeO. The summed E-state index contributed by atoms with van der Waals surface area (Å²) < 4.78 is 18.2. The van der Waals surface area contributed by atoms with E-state index in [1.54, 1.807) is 0 Å². The topological polar surface area (TPSA) is 9.23 Å². The molecule has 0 spiro atoms. The molecule has 0 unspecified atom stereocenters. The summed E-state index contributed by atoms with van der Waals surface area (Å²) in [6.07, 6.45) is 0. The van der Waals surface area contributed by atoms with Gasteiger partial charge in [-0.25, -0.2) is 0 Å². The minimum atomic E-state index is 0. The van der Waals surface area contributed by atoms with E-state index in [0.29, 0.717) is 0 Å². The van der Waals surface area contributed by atoms with Crippen LogP contribution in [0.15, 0.2) is 0 Å². The minimum absolute atomic E-state index is 0. The van der Waals surface area contributed by atoms with E-state index in [-0.39, 0.29) is 17.6 Å². The first-order valence-electron chi connectivity index (χ1n) is 0.309. The van der Waals surface area contributed by atoms with E-state index in [9.17, 15) is 0 Å². The van der Waals surface area contributed by atoms with Crippen LogP contribution >= 0.6 is 0 Å². The molecule has 24 valence electrons. The van der Waals surface area contributed by atoms with E-state index in [2.05, 4.69) is 0 Å². The van der Waals surface area contributed by atoms with Gasteiger partial charge in [0.2, 0.25) is 0 Å². The quantitative estimate of drug-likeness (QED) is 0.427. The van der Waals surface area contributed by atoms with Crippen molar-refractivity contribution in [1.82, 2.24) is 0 Å². The molecule has 0 aromatic carbocycles. The fourth-order valence-electron chi connectivity index (χ4n) is 0. The molecule has 0 saturated heterocycles. The third kappa shape index (κ3) is 33.3. The van der Waals surface area contributed by atoms with Crippen LogP contribution in [0.5, 0.6) is 0 Å². The fraction of sp³-hybridized carbons (Fsp3) is 0. The average Bonchev–Trinajstić information content (AvgIpc) is 0.918. The Hall–Kier alpha value is 0.363. The van der Waals surface area contributed by atoms with Crippen LogP contribution < -0.4 is 0 Å². The van der Waals surface area contributed by atoms with E-state index in [1.165, 1.54) is 5.15 Å². The Morgan fingerprint density at radius 3 is 1.25 bits per heavy atom. The zero-order chi connectivity index (χ0) is 2.71. The molecule has 0 aliphatic carbocycles.